The first-order valence-electron chi connectivity index (χ1n) is 2.44. The van der Waals surface area contributed by atoms with E-state index in [1.165, 1.54) is 0 Å². The van der Waals surface area contributed by atoms with Gasteiger partial charge in [-0.05, 0) is 4.93 Å². The summed E-state index contributed by atoms with van der Waals surface area (Å²) in [5.74, 6) is 1.38. The zero-order chi connectivity index (χ0) is 6.69. The van der Waals surface area contributed by atoms with E-state index in [0.29, 0.717) is 5.89 Å². The molecule has 0 bridgehead atoms. The molecule has 0 radical (unpaired) electrons. The lowest BCUT2D eigenvalue weighted by Gasteiger charge is -1.70. The van der Waals surface area contributed by atoms with Crippen molar-refractivity contribution in [2.75, 3.05) is 4.93 Å². The van der Waals surface area contributed by atoms with Gasteiger partial charge in [0.2, 0.25) is 11.7 Å². The minimum Gasteiger partial charge on any atom is -0.339 e. The standard InChI is InChI=1S/C5H7IN2O/c1-4-7-5(3-6-2)8-9-4/h3H,1-2H3. The van der Waals surface area contributed by atoms with E-state index in [4.69, 9.17) is 4.52 Å². The maximum atomic E-state index is 4.74. The van der Waals surface area contributed by atoms with Crippen LogP contribution >= 0.6 is 20.7 Å². The number of halogens is 1. The summed E-state index contributed by atoms with van der Waals surface area (Å²) < 4.78 is 6.77. The third-order valence-corrected chi connectivity index (χ3v) is 1.93. The number of alkyl halides is 1. The molecule has 1 rings (SSSR count). The van der Waals surface area contributed by atoms with Crippen molar-refractivity contribution >= 4 is 24.7 Å². The summed E-state index contributed by atoms with van der Waals surface area (Å²) >= 11 is 0.132. The fourth-order valence-electron chi connectivity index (χ4n) is 0.457. The number of hydrogen-bond acceptors (Lipinski definition) is 3. The van der Waals surface area contributed by atoms with E-state index in [2.05, 4.69) is 15.1 Å². The Morgan fingerprint density at radius 1 is 1.67 bits per heavy atom. The number of hydrogen-bond donors (Lipinski definition) is 0. The van der Waals surface area contributed by atoms with Crippen molar-refractivity contribution in [2.45, 2.75) is 6.92 Å². The Balaban J connectivity index is 2.85. The van der Waals surface area contributed by atoms with Crippen molar-refractivity contribution in [3.63, 3.8) is 0 Å². The van der Waals surface area contributed by atoms with Gasteiger partial charge < -0.3 is 4.52 Å². The highest BCUT2D eigenvalue weighted by Crippen LogP contribution is 1.94. The second kappa shape index (κ2) is 3.05. The van der Waals surface area contributed by atoms with Crippen molar-refractivity contribution in [1.29, 1.82) is 0 Å². The zero-order valence-electron chi connectivity index (χ0n) is 5.26. The zero-order valence-corrected chi connectivity index (χ0v) is 7.42. The highest BCUT2D eigenvalue weighted by molar-refractivity contribution is 14.2. The lowest BCUT2D eigenvalue weighted by molar-refractivity contribution is 0.392. The van der Waals surface area contributed by atoms with E-state index >= 15 is 0 Å². The van der Waals surface area contributed by atoms with Crippen LogP contribution in [0.25, 0.3) is 0 Å². The van der Waals surface area contributed by atoms with E-state index in [0.717, 1.165) is 5.82 Å². The van der Waals surface area contributed by atoms with Crippen LogP contribution in [0.3, 0.4) is 0 Å². The molecule has 0 atom stereocenters. The Bertz CT molecular complexity index is 218. The smallest absolute Gasteiger partial charge is 0.223 e. The van der Waals surface area contributed by atoms with Crippen LogP contribution in [0.15, 0.2) is 4.52 Å². The van der Waals surface area contributed by atoms with Crippen molar-refractivity contribution in [3.05, 3.63) is 11.7 Å². The summed E-state index contributed by atoms with van der Waals surface area (Å²) in [7, 11) is 0. The normalized spacial score (nSPS) is 11.8. The summed E-state index contributed by atoms with van der Waals surface area (Å²) in [6.45, 7) is 1.79. The molecule has 0 amide bonds. The quantitative estimate of drug-likeness (QED) is 0.543. The summed E-state index contributed by atoms with van der Waals surface area (Å²) in [6, 6.07) is 0. The second-order valence-corrected chi connectivity index (χ2v) is 3.37. The fourth-order valence-corrected chi connectivity index (χ4v) is 1.27. The molecular formula is C5H7IN2O. The Morgan fingerprint density at radius 2 is 2.44 bits per heavy atom. The fraction of sp³-hybridized carbons (Fsp3) is 0.400. The highest BCUT2D eigenvalue weighted by atomic mass is 127. The van der Waals surface area contributed by atoms with Crippen LogP contribution < -0.4 is 0 Å². The maximum Gasteiger partial charge on any atom is 0.223 e. The van der Waals surface area contributed by atoms with E-state index < -0.39 is 0 Å². The average molecular weight is 238 g/mol. The van der Waals surface area contributed by atoms with Crippen LogP contribution in [0.2, 0.25) is 0 Å². The van der Waals surface area contributed by atoms with Crippen molar-refractivity contribution < 1.29 is 4.52 Å². The van der Waals surface area contributed by atoms with Gasteiger partial charge in [0.1, 0.15) is 0 Å². The molecule has 0 fully saturated rings. The maximum absolute atomic E-state index is 4.74. The lowest BCUT2D eigenvalue weighted by Crippen LogP contribution is -1.79. The molecular weight excluding hydrogens is 231 g/mol. The van der Waals surface area contributed by atoms with Crippen LogP contribution in [0, 0.1) is 6.92 Å². The molecule has 50 valence electrons. The molecule has 9 heavy (non-hydrogen) atoms. The summed E-state index contributed by atoms with van der Waals surface area (Å²) in [5.41, 5.74) is 0. The molecule has 0 saturated carbocycles. The first-order chi connectivity index (χ1) is 4.33. The monoisotopic (exact) mass is 238 g/mol. The van der Waals surface area contributed by atoms with Gasteiger partial charge in [-0.25, -0.2) is 0 Å². The molecule has 0 unspecified atom stereocenters. The number of aryl methyl sites for hydroxylation is 1. The molecule has 0 spiro atoms. The summed E-state index contributed by atoms with van der Waals surface area (Å²) in [6.07, 6.45) is 0. The van der Waals surface area contributed by atoms with Crippen LogP contribution in [-0.2, 0) is 0 Å². The Labute approximate surface area is 63.2 Å². The number of aromatic nitrogens is 2. The van der Waals surface area contributed by atoms with Crippen molar-refractivity contribution in [2.24, 2.45) is 0 Å². The van der Waals surface area contributed by atoms with E-state index in [1.807, 2.05) is 4.01 Å². The molecule has 0 aliphatic carbocycles. The van der Waals surface area contributed by atoms with Crippen LogP contribution in [0.4, 0.5) is 0 Å². The first-order valence-corrected chi connectivity index (χ1v) is 5.85. The van der Waals surface area contributed by atoms with Crippen LogP contribution in [0.5, 0.6) is 0 Å². The molecule has 0 aliphatic heterocycles. The Morgan fingerprint density at radius 3 is 2.89 bits per heavy atom. The Hall–Kier alpha value is -0.260. The van der Waals surface area contributed by atoms with Gasteiger partial charge in [0.15, 0.2) is 0 Å². The molecule has 4 heteroatoms. The molecule has 1 heterocycles. The van der Waals surface area contributed by atoms with Gasteiger partial charge in [0.05, 0.1) is 0 Å². The van der Waals surface area contributed by atoms with E-state index in [9.17, 15) is 0 Å². The van der Waals surface area contributed by atoms with Crippen LogP contribution in [0.1, 0.15) is 11.7 Å². The predicted octanol–water partition coefficient (Wildman–Crippen LogP) is 1.13. The molecule has 0 aliphatic rings. The van der Waals surface area contributed by atoms with Gasteiger partial charge >= 0.3 is 0 Å². The van der Waals surface area contributed by atoms with Crippen molar-refractivity contribution in [3.8, 4) is 0 Å². The van der Waals surface area contributed by atoms with E-state index in [1.54, 1.807) is 6.92 Å². The second-order valence-electron chi connectivity index (χ2n) is 1.50. The molecule has 1 aromatic heterocycles. The summed E-state index contributed by atoms with van der Waals surface area (Å²) in [4.78, 5) is 6.14. The average Bonchev–Trinajstić information content (AvgIpc) is 2.17. The molecule has 0 N–H and O–H groups in total. The third-order valence-electron chi connectivity index (χ3n) is 0.750. The largest absolute Gasteiger partial charge is 0.339 e. The third kappa shape index (κ3) is 1.85. The number of rotatable bonds is 1. The minimum atomic E-state index is 0.132. The van der Waals surface area contributed by atoms with E-state index in [-0.39, 0.29) is 20.7 Å². The molecule has 3 nitrogen and oxygen atoms in total. The van der Waals surface area contributed by atoms with Crippen molar-refractivity contribution in [1.82, 2.24) is 10.1 Å². The molecule has 0 aromatic carbocycles. The van der Waals surface area contributed by atoms with Gasteiger partial charge in [-0.2, -0.15) is 4.98 Å². The van der Waals surface area contributed by atoms with Gasteiger partial charge in [-0.15, -0.1) is 20.7 Å². The summed E-state index contributed by atoms with van der Waals surface area (Å²) in [5, 5.41) is 3.69. The highest BCUT2D eigenvalue weighted by Gasteiger charge is 1.94. The SMILES string of the molecule is CI=Cc1noc(C)n1. The minimum absolute atomic E-state index is 0.132. The molecule has 1 aromatic rings. The topological polar surface area (TPSA) is 38.9 Å². The first kappa shape index (κ1) is 6.85. The van der Waals surface area contributed by atoms with Gasteiger partial charge in [-0.1, -0.05) is 5.16 Å². The predicted molar refractivity (Wildman–Crippen MR) is 44.1 cm³/mol. The number of nitrogens with zero attached hydrogens (tertiary/aromatic N) is 2. The van der Waals surface area contributed by atoms with Gasteiger partial charge in [-0.3, -0.25) is 0 Å². The van der Waals surface area contributed by atoms with Gasteiger partial charge in [0.25, 0.3) is 0 Å². The van der Waals surface area contributed by atoms with Gasteiger partial charge in [0, 0.05) is 10.9 Å². The lowest BCUT2D eigenvalue weighted by atomic mass is 10.7. The Kier molecular flexibility index (Phi) is 2.32. The van der Waals surface area contributed by atoms with Crippen LogP contribution in [-0.4, -0.2) is 19.1 Å². The molecule has 0 saturated heterocycles.